The third-order valence-electron chi connectivity index (χ3n) is 0.790. The Morgan fingerprint density at radius 2 is 2.25 bits per heavy atom. The summed E-state index contributed by atoms with van der Waals surface area (Å²) in [4.78, 5) is 4.15. The summed E-state index contributed by atoms with van der Waals surface area (Å²) < 4.78 is 4.07. The highest BCUT2D eigenvalue weighted by molar-refractivity contribution is 14.1. The van der Waals surface area contributed by atoms with Crippen molar-refractivity contribution in [2.75, 3.05) is 0 Å². The number of aryl methyl sites for hydroxylation is 1. The smallest absolute Gasteiger partial charge is 0.172 e. The molecule has 1 aromatic rings. The van der Waals surface area contributed by atoms with E-state index in [-0.39, 0.29) is 0 Å². The minimum Gasteiger partial charge on any atom is -0.328 e. The Bertz CT molecular complexity index is 174. The zero-order valence-corrected chi connectivity index (χ0v) is 8.54. The van der Waals surface area contributed by atoms with E-state index in [4.69, 9.17) is 0 Å². The molecule has 4 heteroatoms. The molecule has 8 heavy (non-hydrogen) atoms. The average Bonchev–Trinajstić information content (AvgIpc) is 1.85. The van der Waals surface area contributed by atoms with Crippen LogP contribution in [0, 0.1) is 7.53 Å². The summed E-state index contributed by atoms with van der Waals surface area (Å²) in [5, 5.41) is 0. The number of aromatic nitrogens is 2. The first-order chi connectivity index (χ1) is 3.70. The largest absolute Gasteiger partial charge is 0.328 e. The monoisotopic (exact) mass is 334 g/mol. The van der Waals surface area contributed by atoms with Crippen LogP contribution in [0.25, 0.3) is 0 Å². The molecule has 0 bridgehead atoms. The molecule has 1 heterocycles. The maximum absolute atomic E-state index is 4.15. The van der Waals surface area contributed by atoms with Crippen LogP contribution >= 0.6 is 45.2 Å². The predicted octanol–water partition coefficient (Wildman–Crippen LogP) is 1.63. The summed E-state index contributed by atoms with van der Waals surface area (Å²) in [5.41, 5.74) is 0. The van der Waals surface area contributed by atoms with Gasteiger partial charge >= 0.3 is 0 Å². The topological polar surface area (TPSA) is 17.8 Å². The van der Waals surface area contributed by atoms with E-state index in [9.17, 15) is 0 Å². The normalized spacial score (nSPS) is 9.88. The van der Waals surface area contributed by atoms with E-state index in [0.29, 0.717) is 0 Å². The first kappa shape index (κ1) is 6.79. The number of imidazole rings is 1. The SMILES string of the molecule is Cn1cc(I)nc1I. The van der Waals surface area contributed by atoms with Gasteiger partial charge in [-0.2, -0.15) is 0 Å². The van der Waals surface area contributed by atoms with Crippen LogP contribution in [-0.4, -0.2) is 9.55 Å². The van der Waals surface area contributed by atoms with Crippen LogP contribution < -0.4 is 0 Å². The van der Waals surface area contributed by atoms with Crippen molar-refractivity contribution in [1.29, 1.82) is 0 Å². The zero-order valence-electron chi connectivity index (χ0n) is 4.23. The second kappa shape index (κ2) is 2.51. The molecular formula is C4H4I2N2. The number of halogens is 2. The van der Waals surface area contributed by atoms with Crippen LogP contribution in [-0.2, 0) is 7.05 Å². The minimum atomic E-state index is 1.03. The van der Waals surface area contributed by atoms with Crippen molar-refractivity contribution in [2.45, 2.75) is 0 Å². The molecule has 0 amide bonds. The van der Waals surface area contributed by atoms with Crippen LogP contribution in [0.4, 0.5) is 0 Å². The van der Waals surface area contributed by atoms with Crippen molar-refractivity contribution in [2.24, 2.45) is 7.05 Å². The molecule has 0 unspecified atom stereocenters. The van der Waals surface area contributed by atoms with Crippen molar-refractivity contribution in [3.8, 4) is 0 Å². The van der Waals surface area contributed by atoms with Crippen LogP contribution in [0.1, 0.15) is 0 Å². The number of hydrogen-bond acceptors (Lipinski definition) is 1. The first-order valence-corrected chi connectivity index (χ1v) is 4.20. The lowest BCUT2D eigenvalue weighted by Gasteiger charge is -1.85. The van der Waals surface area contributed by atoms with E-state index >= 15 is 0 Å². The molecule has 0 radical (unpaired) electrons. The Balaban J connectivity index is 3.14. The summed E-state index contributed by atoms with van der Waals surface area (Å²) in [5.74, 6) is 0. The molecule has 0 aliphatic carbocycles. The van der Waals surface area contributed by atoms with Gasteiger partial charge in [0.2, 0.25) is 0 Å². The van der Waals surface area contributed by atoms with Gasteiger partial charge in [-0.1, -0.05) is 0 Å². The third-order valence-corrected chi connectivity index (χ3v) is 2.31. The molecule has 0 aliphatic heterocycles. The van der Waals surface area contributed by atoms with Gasteiger partial charge in [-0.3, -0.25) is 0 Å². The van der Waals surface area contributed by atoms with Gasteiger partial charge in [-0.05, 0) is 45.2 Å². The summed E-state index contributed by atoms with van der Waals surface area (Å²) in [6, 6.07) is 0. The van der Waals surface area contributed by atoms with Crippen molar-refractivity contribution in [1.82, 2.24) is 9.55 Å². The van der Waals surface area contributed by atoms with Gasteiger partial charge in [0.1, 0.15) is 3.70 Å². The van der Waals surface area contributed by atoms with Gasteiger partial charge in [-0.25, -0.2) is 4.98 Å². The van der Waals surface area contributed by atoms with Gasteiger partial charge in [-0.15, -0.1) is 0 Å². The summed E-state index contributed by atoms with van der Waals surface area (Å²) >= 11 is 4.38. The lowest BCUT2D eigenvalue weighted by Crippen LogP contribution is -1.86. The number of nitrogens with zero attached hydrogens (tertiary/aromatic N) is 2. The van der Waals surface area contributed by atoms with Crippen molar-refractivity contribution < 1.29 is 0 Å². The lowest BCUT2D eigenvalue weighted by atomic mass is 10.9. The molecule has 44 valence electrons. The van der Waals surface area contributed by atoms with Crippen LogP contribution in [0.3, 0.4) is 0 Å². The van der Waals surface area contributed by atoms with Crippen molar-refractivity contribution in [3.05, 3.63) is 13.7 Å². The Hall–Kier alpha value is 0.670. The zero-order chi connectivity index (χ0) is 6.15. The van der Waals surface area contributed by atoms with E-state index in [2.05, 4.69) is 50.2 Å². The third kappa shape index (κ3) is 1.34. The molecule has 0 atom stereocenters. The summed E-state index contributed by atoms with van der Waals surface area (Å²) in [6.45, 7) is 0. The van der Waals surface area contributed by atoms with E-state index in [1.54, 1.807) is 0 Å². The Labute approximate surface area is 75.0 Å². The summed E-state index contributed by atoms with van der Waals surface area (Å²) in [7, 11) is 1.98. The van der Waals surface area contributed by atoms with Gasteiger partial charge in [0.25, 0.3) is 0 Å². The number of hydrogen-bond donors (Lipinski definition) is 0. The Morgan fingerprint density at radius 3 is 2.38 bits per heavy atom. The minimum absolute atomic E-state index is 1.03. The molecular weight excluding hydrogens is 330 g/mol. The molecule has 2 nitrogen and oxygen atoms in total. The average molecular weight is 334 g/mol. The van der Waals surface area contributed by atoms with E-state index in [0.717, 1.165) is 7.53 Å². The lowest BCUT2D eigenvalue weighted by molar-refractivity contribution is 0.877. The maximum atomic E-state index is 4.15. The molecule has 0 fully saturated rings. The van der Waals surface area contributed by atoms with Crippen molar-refractivity contribution in [3.63, 3.8) is 0 Å². The molecule has 0 saturated carbocycles. The second-order valence-corrected chi connectivity index (χ2v) is 3.51. The van der Waals surface area contributed by atoms with Crippen LogP contribution in [0.2, 0.25) is 0 Å². The van der Waals surface area contributed by atoms with E-state index in [1.807, 2.05) is 17.8 Å². The molecule has 0 aliphatic rings. The fourth-order valence-corrected chi connectivity index (χ4v) is 1.92. The van der Waals surface area contributed by atoms with Gasteiger partial charge < -0.3 is 4.57 Å². The molecule has 0 spiro atoms. The molecule has 1 aromatic heterocycles. The van der Waals surface area contributed by atoms with Gasteiger partial charge in [0.15, 0.2) is 3.83 Å². The fourth-order valence-electron chi connectivity index (χ4n) is 0.409. The molecule has 0 saturated heterocycles. The fraction of sp³-hybridized carbons (Fsp3) is 0.250. The van der Waals surface area contributed by atoms with Gasteiger partial charge in [0, 0.05) is 13.2 Å². The molecule has 0 N–H and O–H groups in total. The quantitative estimate of drug-likeness (QED) is 0.660. The second-order valence-electron chi connectivity index (χ2n) is 1.44. The highest BCUT2D eigenvalue weighted by Gasteiger charge is 1.94. The standard InChI is InChI=1S/C4H4I2N2/c1-8-2-3(5)7-4(8)6/h2H,1H3. The van der Waals surface area contributed by atoms with Crippen molar-refractivity contribution >= 4 is 45.2 Å². The highest BCUT2D eigenvalue weighted by atomic mass is 127. The Kier molecular flexibility index (Phi) is 2.13. The molecule has 1 rings (SSSR count). The van der Waals surface area contributed by atoms with Crippen LogP contribution in [0.15, 0.2) is 6.20 Å². The highest BCUT2D eigenvalue weighted by Crippen LogP contribution is 2.05. The number of rotatable bonds is 0. The molecule has 0 aromatic carbocycles. The maximum Gasteiger partial charge on any atom is 0.172 e. The van der Waals surface area contributed by atoms with E-state index in [1.165, 1.54) is 0 Å². The summed E-state index contributed by atoms with van der Waals surface area (Å²) in [6.07, 6.45) is 1.99. The van der Waals surface area contributed by atoms with Crippen LogP contribution in [0.5, 0.6) is 0 Å². The van der Waals surface area contributed by atoms with Gasteiger partial charge in [0.05, 0.1) is 0 Å². The first-order valence-electron chi connectivity index (χ1n) is 2.04. The Morgan fingerprint density at radius 1 is 1.62 bits per heavy atom. The predicted molar refractivity (Wildman–Crippen MR) is 48.6 cm³/mol. The van der Waals surface area contributed by atoms with E-state index < -0.39 is 0 Å².